The maximum atomic E-state index is 12.5. The van der Waals surface area contributed by atoms with Crippen molar-refractivity contribution < 1.29 is 24.2 Å². The molecule has 2 amide bonds. The molecule has 7 heteroatoms. The Labute approximate surface area is 154 Å². The van der Waals surface area contributed by atoms with Crippen molar-refractivity contribution in [2.24, 2.45) is 0 Å². The summed E-state index contributed by atoms with van der Waals surface area (Å²) in [6.07, 6.45) is 0. The van der Waals surface area contributed by atoms with Crippen molar-refractivity contribution >= 4 is 29.2 Å². The van der Waals surface area contributed by atoms with Crippen LogP contribution in [-0.4, -0.2) is 29.5 Å². The van der Waals surface area contributed by atoms with E-state index in [4.69, 9.17) is 10.00 Å². The molecule has 1 aliphatic rings. The first kappa shape index (κ1) is 17.9. The molecule has 7 nitrogen and oxygen atoms in total. The van der Waals surface area contributed by atoms with Crippen LogP contribution in [0.15, 0.2) is 54.1 Å². The van der Waals surface area contributed by atoms with Crippen LogP contribution in [0, 0.1) is 11.3 Å². The molecule has 1 heterocycles. The number of nitriles is 1. The summed E-state index contributed by atoms with van der Waals surface area (Å²) >= 11 is 0. The Bertz CT molecular complexity index is 980. The third-order valence-corrected chi connectivity index (χ3v) is 4.02. The average molecular weight is 362 g/mol. The summed E-state index contributed by atoms with van der Waals surface area (Å²) in [4.78, 5) is 37.7. The molecule has 0 aliphatic carbocycles. The van der Waals surface area contributed by atoms with Gasteiger partial charge < -0.3 is 9.84 Å². The van der Waals surface area contributed by atoms with Crippen molar-refractivity contribution in [2.75, 3.05) is 11.5 Å². The van der Waals surface area contributed by atoms with Crippen LogP contribution in [0.3, 0.4) is 0 Å². The highest BCUT2D eigenvalue weighted by Crippen LogP contribution is 2.29. The Kier molecular flexibility index (Phi) is 4.73. The number of carbonyl (C=O) groups is 3. The topological polar surface area (TPSA) is 108 Å². The Balaban J connectivity index is 1.93. The van der Waals surface area contributed by atoms with E-state index in [0.717, 1.165) is 4.90 Å². The maximum absolute atomic E-state index is 12.5. The lowest BCUT2D eigenvalue weighted by molar-refractivity contribution is -0.138. The molecular formula is C20H14N2O5. The molecular weight excluding hydrogens is 348 g/mol. The van der Waals surface area contributed by atoms with Gasteiger partial charge in [0.25, 0.3) is 11.8 Å². The molecule has 0 saturated heterocycles. The minimum Gasteiger partial charge on any atom is -0.506 e. The highest BCUT2D eigenvalue weighted by Gasteiger charge is 2.36. The number of benzene rings is 2. The smallest absolute Gasteiger partial charge is 0.352 e. The van der Waals surface area contributed by atoms with E-state index in [1.165, 1.54) is 24.3 Å². The second-order valence-corrected chi connectivity index (χ2v) is 5.59. The molecule has 0 radical (unpaired) electrons. The molecule has 2 aromatic carbocycles. The number of nitrogens with zero attached hydrogens (tertiary/aromatic N) is 2. The lowest BCUT2D eigenvalue weighted by Gasteiger charge is -2.14. The van der Waals surface area contributed by atoms with E-state index in [-0.39, 0.29) is 12.2 Å². The summed E-state index contributed by atoms with van der Waals surface area (Å²) in [6, 6.07) is 13.9. The highest BCUT2D eigenvalue weighted by molar-refractivity contribution is 6.34. The van der Waals surface area contributed by atoms with Gasteiger partial charge in [-0.3, -0.25) is 9.59 Å². The van der Waals surface area contributed by atoms with Crippen molar-refractivity contribution in [1.82, 2.24) is 0 Å². The Hall–Kier alpha value is -3.92. The number of fused-ring (bicyclic) bond motifs is 1. The summed E-state index contributed by atoms with van der Waals surface area (Å²) in [5.74, 6) is -2.34. The van der Waals surface area contributed by atoms with Crippen LogP contribution in [0.5, 0.6) is 0 Å². The predicted molar refractivity (Wildman–Crippen MR) is 95.8 cm³/mol. The van der Waals surface area contributed by atoms with Gasteiger partial charge in [-0.05, 0) is 43.3 Å². The first-order valence-electron chi connectivity index (χ1n) is 8.08. The van der Waals surface area contributed by atoms with Gasteiger partial charge in [0.15, 0.2) is 5.57 Å². The van der Waals surface area contributed by atoms with Gasteiger partial charge in [-0.2, -0.15) is 5.26 Å². The minimum atomic E-state index is -0.929. The van der Waals surface area contributed by atoms with E-state index in [2.05, 4.69) is 0 Å². The molecule has 2 aromatic rings. The Morgan fingerprint density at radius 1 is 1.07 bits per heavy atom. The summed E-state index contributed by atoms with van der Waals surface area (Å²) in [7, 11) is 0. The van der Waals surface area contributed by atoms with Crippen LogP contribution < -0.4 is 4.90 Å². The molecule has 0 spiro atoms. The molecule has 0 aromatic heterocycles. The number of imide groups is 1. The number of esters is 1. The summed E-state index contributed by atoms with van der Waals surface area (Å²) in [6.45, 7) is 1.65. The maximum Gasteiger partial charge on any atom is 0.352 e. The minimum absolute atomic E-state index is 0.0655. The first-order valence-corrected chi connectivity index (χ1v) is 8.08. The highest BCUT2D eigenvalue weighted by atomic mass is 16.5. The Morgan fingerprint density at radius 2 is 1.63 bits per heavy atom. The van der Waals surface area contributed by atoms with Crippen LogP contribution in [0.1, 0.15) is 33.2 Å². The lowest BCUT2D eigenvalue weighted by atomic mass is 10.1. The molecule has 27 heavy (non-hydrogen) atoms. The second-order valence-electron chi connectivity index (χ2n) is 5.59. The van der Waals surface area contributed by atoms with Gasteiger partial charge in [0.05, 0.1) is 23.4 Å². The zero-order valence-electron chi connectivity index (χ0n) is 14.3. The fourth-order valence-corrected chi connectivity index (χ4v) is 2.73. The van der Waals surface area contributed by atoms with Crippen LogP contribution in [0.25, 0.3) is 5.76 Å². The van der Waals surface area contributed by atoms with Gasteiger partial charge in [0.1, 0.15) is 11.8 Å². The van der Waals surface area contributed by atoms with Crippen LogP contribution in [-0.2, 0) is 9.53 Å². The number of carbonyl (C=O) groups excluding carboxylic acids is 3. The van der Waals surface area contributed by atoms with Crippen LogP contribution >= 0.6 is 0 Å². The number of amides is 2. The van der Waals surface area contributed by atoms with Crippen LogP contribution in [0.4, 0.5) is 5.69 Å². The van der Waals surface area contributed by atoms with Gasteiger partial charge in [0, 0.05) is 5.56 Å². The largest absolute Gasteiger partial charge is 0.506 e. The van der Waals surface area contributed by atoms with E-state index < -0.39 is 29.1 Å². The zero-order chi connectivity index (χ0) is 19.6. The Morgan fingerprint density at radius 3 is 2.11 bits per heavy atom. The zero-order valence-corrected chi connectivity index (χ0v) is 14.3. The van der Waals surface area contributed by atoms with Crippen molar-refractivity contribution in [3.8, 4) is 6.07 Å². The number of rotatable bonds is 4. The molecule has 0 fully saturated rings. The molecule has 1 N–H and O–H groups in total. The fourth-order valence-electron chi connectivity index (χ4n) is 2.73. The molecule has 0 unspecified atom stereocenters. The van der Waals surface area contributed by atoms with Crippen LogP contribution in [0.2, 0.25) is 0 Å². The number of anilines is 1. The van der Waals surface area contributed by atoms with E-state index in [9.17, 15) is 19.5 Å². The molecule has 0 bridgehead atoms. The molecule has 1 aliphatic heterocycles. The van der Waals surface area contributed by atoms with Crippen molar-refractivity contribution in [3.05, 3.63) is 70.8 Å². The monoisotopic (exact) mass is 362 g/mol. The van der Waals surface area contributed by atoms with Crippen molar-refractivity contribution in [3.63, 3.8) is 0 Å². The normalized spacial score (nSPS) is 13.7. The van der Waals surface area contributed by atoms with Crippen molar-refractivity contribution in [1.29, 1.82) is 5.26 Å². The van der Waals surface area contributed by atoms with Gasteiger partial charge in [-0.1, -0.05) is 12.1 Å². The third kappa shape index (κ3) is 3.04. The molecule has 0 saturated carbocycles. The summed E-state index contributed by atoms with van der Waals surface area (Å²) in [5.41, 5.74) is 0.615. The van der Waals surface area contributed by atoms with E-state index in [0.29, 0.717) is 16.8 Å². The lowest BCUT2D eigenvalue weighted by Crippen LogP contribution is -2.29. The van der Waals surface area contributed by atoms with Crippen molar-refractivity contribution in [2.45, 2.75) is 6.92 Å². The van der Waals surface area contributed by atoms with E-state index in [1.54, 1.807) is 37.3 Å². The van der Waals surface area contributed by atoms with Gasteiger partial charge in [-0.25, -0.2) is 9.69 Å². The van der Waals surface area contributed by atoms with Gasteiger partial charge in [-0.15, -0.1) is 0 Å². The SMILES string of the molecule is CCOC(=O)/C(C#N)=C(/O)c1ccc(N2C(=O)c3ccccc3C2=O)cc1. The number of ether oxygens (including phenoxy) is 1. The third-order valence-electron chi connectivity index (χ3n) is 4.02. The standard InChI is InChI=1S/C20H14N2O5/c1-2-27-20(26)16(11-21)17(23)12-7-9-13(10-8-12)22-18(24)14-5-3-4-6-15(14)19(22)25/h3-10,23H,2H2,1H3/b17-16+. The summed E-state index contributed by atoms with van der Waals surface area (Å²) < 4.78 is 4.73. The predicted octanol–water partition coefficient (Wildman–Crippen LogP) is 2.84. The average Bonchev–Trinajstić information content (AvgIpc) is 2.94. The summed E-state index contributed by atoms with van der Waals surface area (Å²) in [5, 5.41) is 19.3. The number of aliphatic hydroxyl groups is 1. The first-order chi connectivity index (χ1) is 13.0. The quantitative estimate of drug-likeness (QED) is 0.295. The van der Waals surface area contributed by atoms with Gasteiger partial charge in [0.2, 0.25) is 0 Å². The van der Waals surface area contributed by atoms with E-state index in [1.807, 2.05) is 0 Å². The second kappa shape index (κ2) is 7.14. The number of aliphatic hydroxyl groups excluding tert-OH is 1. The number of hydrogen-bond donors (Lipinski definition) is 1. The van der Waals surface area contributed by atoms with Gasteiger partial charge >= 0.3 is 5.97 Å². The molecule has 3 rings (SSSR count). The van der Waals surface area contributed by atoms with E-state index >= 15 is 0 Å². The fraction of sp³-hybridized carbons (Fsp3) is 0.100. The molecule has 134 valence electrons. The molecule has 0 atom stereocenters. The number of hydrogen-bond acceptors (Lipinski definition) is 6.